The number of pyridine rings is 1. The Kier molecular flexibility index (Phi) is 5.51. The number of anilines is 1. The van der Waals surface area contributed by atoms with E-state index in [1.54, 1.807) is 10.9 Å². The molecule has 0 bridgehead atoms. The fraction of sp³-hybridized carbons (Fsp3) is 0.500. The van der Waals surface area contributed by atoms with Crippen LogP contribution in [0.4, 0.5) is 5.95 Å². The van der Waals surface area contributed by atoms with Gasteiger partial charge in [-0.1, -0.05) is 6.92 Å². The first-order chi connectivity index (χ1) is 14.8. The number of carbonyl (C=O) groups excluding carboxylic acids is 1. The number of carbonyl (C=O) groups is 1. The smallest absolute Gasteiger partial charge is 0.272 e. The summed E-state index contributed by atoms with van der Waals surface area (Å²) in [6, 6.07) is 1.95. The Morgan fingerprint density at radius 3 is 2.61 bits per heavy atom. The Morgan fingerprint density at radius 1 is 1.29 bits per heavy atom. The van der Waals surface area contributed by atoms with Crippen LogP contribution < -0.4 is 10.5 Å². The van der Waals surface area contributed by atoms with Crippen molar-refractivity contribution in [3.05, 3.63) is 45.3 Å². The lowest BCUT2D eigenvalue weighted by Crippen LogP contribution is -2.39. The second kappa shape index (κ2) is 8.13. The SMILES string of the molecule is CCc1nn(C)c(C(=O)N2CCC(c3cc4nc(N(C)C)ncc4c(=O)[nH]3)CC2)c1C. The molecule has 31 heavy (non-hydrogen) atoms. The van der Waals surface area contributed by atoms with Crippen LogP contribution in [0, 0.1) is 6.92 Å². The van der Waals surface area contributed by atoms with Crippen molar-refractivity contribution in [1.82, 2.24) is 29.6 Å². The number of piperidine rings is 1. The van der Waals surface area contributed by atoms with Crippen LogP contribution in [0.2, 0.25) is 0 Å². The molecule has 3 aromatic rings. The van der Waals surface area contributed by atoms with E-state index < -0.39 is 0 Å². The molecule has 9 heteroatoms. The summed E-state index contributed by atoms with van der Waals surface area (Å²) in [5.41, 5.74) is 3.95. The number of aromatic nitrogens is 5. The van der Waals surface area contributed by atoms with Crippen molar-refractivity contribution in [2.24, 2.45) is 7.05 Å². The summed E-state index contributed by atoms with van der Waals surface area (Å²) < 4.78 is 1.70. The van der Waals surface area contributed by atoms with E-state index in [1.807, 2.05) is 50.9 Å². The van der Waals surface area contributed by atoms with Crippen molar-refractivity contribution in [2.45, 2.75) is 39.0 Å². The summed E-state index contributed by atoms with van der Waals surface area (Å²) >= 11 is 0. The standard InChI is InChI=1S/C22H29N7O2/c1-6-16-13(2)19(28(5)26-16)21(31)29-9-7-14(8-10-29)17-11-18-15(20(30)24-17)12-23-22(25-18)27(3)4/h11-12,14H,6-10H2,1-5H3,(H,24,30). The van der Waals surface area contributed by atoms with Gasteiger partial charge in [0.05, 0.1) is 16.6 Å². The van der Waals surface area contributed by atoms with Crippen LogP contribution >= 0.6 is 0 Å². The molecule has 0 spiro atoms. The number of amides is 1. The molecule has 4 heterocycles. The average Bonchev–Trinajstić information content (AvgIpc) is 3.06. The van der Waals surface area contributed by atoms with E-state index >= 15 is 0 Å². The summed E-state index contributed by atoms with van der Waals surface area (Å²) in [5.74, 6) is 0.779. The van der Waals surface area contributed by atoms with E-state index in [0.29, 0.717) is 35.6 Å². The molecule has 1 fully saturated rings. The molecule has 4 rings (SSSR count). The lowest BCUT2D eigenvalue weighted by molar-refractivity contribution is 0.0700. The first-order valence-electron chi connectivity index (χ1n) is 10.7. The number of likely N-dealkylation sites (tertiary alicyclic amines) is 1. The molecule has 1 aliphatic heterocycles. The van der Waals surface area contributed by atoms with Gasteiger partial charge in [0.1, 0.15) is 5.69 Å². The van der Waals surface area contributed by atoms with E-state index in [4.69, 9.17) is 0 Å². The van der Waals surface area contributed by atoms with Gasteiger partial charge in [0.2, 0.25) is 5.95 Å². The maximum absolute atomic E-state index is 13.1. The first-order valence-corrected chi connectivity index (χ1v) is 10.7. The Bertz CT molecular complexity index is 1190. The predicted molar refractivity (Wildman–Crippen MR) is 120 cm³/mol. The lowest BCUT2D eigenvalue weighted by Gasteiger charge is -2.32. The van der Waals surface area contributed by atoms with Gasteiger partial charge in [-0.15, -0.1) is 0 Å². The Labute approximate surface area is 181 Å². The molecule has 1 amide bonds. The van der Waals surface area contributed by atoms with Crippen LogP contribution in [0.3, 0.4) is 0 Å². The molecule has 1 saturated heterocycles. The number of H-pyrrole nitrogens is 1. The van der Waals surface area contributed by atoms with Gasteiger partial charge in [-0.25, -0.2) is 9.97 Å². The zero-order valence-corrected chi connectivity index (χ0v) is 18.8. The number of aromatic amines is 1. The number of hydrogen-bond acceptors (Lipinski definition) is 6. The molecular weight excluding hydrogens is 394 g/mol. The molecular formula is C22H29N7O2. The second-order valence-corrected chi connectivity index (χ2v) is 8.38. The Hall–Kier alpha value is -3.23. The number of hydrogen-bond donors (Lipinski definition) is 1. The van der Waals surface area contributed by atoms with Crippen LogP contribution in [-0.4, -0.2) is 62.7 Å². The maximum atomic E-state index is 13.1. The van der Waals surface area contributed by atoms with E-state index in [2.05, 4.69) is 20.1 Å². The third-order valence-electron chi connectivity index (χ3n) is 6.14. The quantitative estimate of drug-likeness (QED) is 0.689. The highest BCUT2D eigenvalue weighted by Crippen LogP contribution is 2.29. The maximum Gasteiger partial charge on any atom is 0.272 e. The minimum Gasteiger partial charge on any atom is -0.347 e. The van der Waals surface area contributed by atoms with Crippen LogP contribution in [0.5, 0.6) is 0 Å². The number of aryl methyl sites for hydroxylation is 2. The molecule has 0 saturated carbocycles. The summed E-state index contributed by atoms with van der Waals surface area (Å²) in [4.78, 5) is 41.2. The lowest BCUT2D eigenvalue weighted by atomic mass is 9.92. The number of fused-ring (bicyclic) bond motifs is 1. The highest BCUT2D eigenvalue weighted by atomic mass is 16.2. The number of rotatable bonds is 4. The number of nitrogens with one attached hydrogen (secondary N) is 1. The van der Waals surface area contributed by atoms with Crippen molar-refractivity contribution in [3.63, 3.8) is 0 Å². The monoisotopic (exact) mass is 423 g/mol. The summed E-state index contributed by atoms with van der Waals surface area (Å²) in [6.07, 6.45) is 3.96. The molecule has 0 aliphatic carbocycles. The minimum atomic E-state index is -0.172. The minimum absolute atomic E-state index is 0.0287. The normalized spacial score (nSPS) is 14.9. The molecule has 1 N–H and O–H groups in total. The third kappa shape index (κ3) is 3.80. The van der Waals surface area contributed by atoms with Crippen molar-refractivity contribution in [1.29, 1.82) is 0 Å². The van der Waals surface area contributed by atoms with Gasteiger partial charge in [0.15, 0.2) is 0 Å². The van der Waals surface area contributed by atoms with E-state index in [-0.39, 0.29) is 17.4 Å². The Morgan fingerprint density at radius 2 is 2.00 bits per heavy atom. The van der Waals surface area contributed by atoms with Crippen molar-refractivity contribution >= 4 is 22.8 Å². The van der Waals surface area contributed by atoms with Gasteiger partial charge in [0.25, 0.3) is 11.5 Å². The fourth-order valence-electron chi connectivity index (χ4n) is 4.35. The van der Waals surface area contributed by atoms with Crippen molar-refractivity contribution < 1.29 is 4.79 Å². The molecule has 0 aromatic carbocycles. The van der Waals surface area contributed by atoms with Crippen LogP contribution in [0.15, 0.2) is 17.1 Å². The molecule has 0 unspecified atom stereocenters. The van der Waals surface area contributed by atoms with Gasteiger partial charge in [0, 0.05) is 57.6 Å². The second-order valence-electron chi connectivity index (χ2n) is 8.38. The van der Waals surface area contributed by atoms with Gasteiger partial charge in [-0.05, 0) is 32.3 Å². The van der Waals surface area contributed by atoms with Crippen LogP contribution in [-0.2, 0) is 13.5 Å². The molecule has 1 aliphatic rings. The summed E-state index contributed by atoms with van der Waals surface area (Å²) in [7, 11) is 5.57. The van der Waals surface area contributed by atoms with E-state index in [9.17, 15) is 9.59 Å². The number of nitrogens with zero attached hydrogens (tertiary/aromatic N) is 6. The van der Waals surface area contributed by atoms with Crippen LogP contribution in [0.1, 0.15) is 53.1 Å². The molecule has 9 nitrogen and oxygen atoms in total. The third-order valence-corrected chi connectivity index (χ3v) is 6.14. The Balaban J connectivity index is 1.53. The predicted octanol–water partition coefficient (Wildman–Crippen LogP) is 2.01. The van der Waals surface area contributed by atoms with Crippen LogP contribution in [0.25, 0.3) is 10.9 Å². The zero-order valence-electron chi connectivity index (χ0n) is 18.8. The van der Waals surface area contributed by atoms with Gasteiger partial charge >= 0.3 is 0 Å². The van der Waals surface area contributed by atoms with E-state index in [1.165, 1.54) is 0 Å². The van der Waals surface area contributed by atoms with Gasteiger partial charge in [-0.2, -0.15) is 5.10 Å². The van der Waals surface area contributed by atoms with Crippen molar-refractivity contribution in [2.75, 3.05) is 32.1 Å². The fourth-order valence-corrected chi connectivity index (χ4v) is 4.35. The van der Waals surface area contributed by atoms with E-state index in [0.717, 1.165) is 36.2 Å². The van der Waals surface area contributed by atoms with Crippen molar-refractivity contribution in [3.8, 4) is 0 Å². The highest BCUT2D eigenvalue weighted by molar-refractivity contribution is 5.94. The summed E-state index contributed by atoms with van der Waals surface area (Å²) in [6.45, 7) is 5.30. The largest absolute Gasteiger partial charge is 0.347 e. The average molecular weight is 424 g/mol. The molecule has 0 radical (unpaired) electrons. The molecule has 3 aromatic heterocycles. The zero-order chi connectivity index (χ0) is 22.3. The summed E-state index contributed by atoms with van der Waals surface area (Å²) in [5, 5.41) is 4.97. The molecule has 0 atom stereocenters. The van der Waals surface area contributed by atoms with Gasteiger partial charge in [-0.3, -0.25) is 14.3 Å². The first kappa shape index (κ1) is 21.0. The molecule has 164 valence electrons. The highest BCUT2D eigenvalue weighted by Gasteiger charge is 2.28. The topological polar surface area (TPSA) is 100 Å². The van der Waals surface area contributed by atoms with Gasteiger partial charge < -0.3 is 14.8 Å².